The topological polar surface area (TPSA) is 103 Å². The van der Waals surface area contributed by atoms with Crippen LogP contribution in [0.25, 0.3) is 0 Å². The van der Waals surface area contributed by atoms with E-state index in [0.29, 0.717) is 36.7 Å². The molecule has 0 aromatic heterocycles. The van der Waals surface area contributed by atoms with E-state index in [1.807, 2.05) is 60.7 Å². The molecule has 6 unspecified atom stereocenters. The average Bonchev–Trinajstić information content (AvgIpc) is 3.75. The summed E-state index contributed by atoms with van der Waals surface area (Å²) in [6.07, 6.45) is 4.75. The van der Waals surface area contributed by atoms with Crippen LogP contribution in [-0.2, 0) is 19.1 Å². The molecular formula is C31H40N2O5. The lowest BCUT2D eigenvalue weighted by Gasteiger charge is -2.40. The lowest BCUT2D eigenvalue weighted by Crippen LogP contribution is -2.47. The summed E-state index contributed by atoms with van der Waals surface area (Å²) >= 11 is 0. The minimum atomic E-state index is -1.02. The zero-order valence-electron chi connectivity index (χ0n) is 22.6. The second kappa shape index (κ2) is 10.4. The highest BCUT2D eigenvalue weighted by Gasteiger charge is 2.55. The van der Waals surface area contributed by atoms with E-state index in [2.05, 4.69) is 31.4 Å². The van der Waals surface area contributed by atoms with Gasteiger partial charge in [-0.2, -0.15) is 0 Å². The van der Waals surface area contributed by atoms with Gasteiger partial charge in [0.2, 0.25) is 11.8 Å². The van der Waals surface area contributed by atoms with Gasteiger partial charge in [-0.1, -0.05) is 36.4 Å². The van der Waals surface area contributed by atoms with Crippen LogP contribution in [-0.4, -0.2) is 45.9 Å². The number of aliphatic hydroxyl groups is 1. The van der Waals surface area contributed by atoms with Gasteiger partial charge < -0.3 is 25.2 Å². The van der Waals surface area contributed by atoms with E-state index in [4.69, 9.17) is 9.47 Å². The number of carbonyl (C=O) groups excluding carboxylic acids is 2. The molecule has 2 aromatic carbocycles. The first kappa shape index (κ1) is 26.9. The Morgan fingerprint density at radius 3 is 1.89 bits per heavy atom. The van der Waals surface area contributed by atoms with Crippen LogP contribution in [0.15, 0.2) is 60.7 Å². The number of nitrogens with one attached hydrogen (secondary N) is 2. The molecule has 3 aliphatic rings. The van der Waals surface area contributed by atoms with E-state index < -0.39 is 17.4 Å². The molecule has 2 aromatic rings. The van der Waals surface area contributed by atoms with Crippen LogP contribution < -0.4 is 10.6 Å². The van der Waals surface area contributed by atoms with Crippen LogP contribution in [0.4, 0.5) is 11.4 Å². The van der Waals surface area contributed by atoms with Crippen LogP contribution in [0.2, 0.25) is 0 Å². The Labute approximate surface area is 225 Å². The molecular weight excluding hydrogens is 480 g/mol. The van der Waals surface area contributed by atoms with Gasteiger partial charge in [0.25, 0.3) is 0 Å². The normalized spacial score (nSPS) is 33.3. The number of rotatable bonds is 10. The Hall–Kier alpha value is -2.74. The standard InChI is InChI=1S/C31H40N2O5/c1-29(2)25(37-29)15-17-30(3)26(38-30)16-19-31(36)18-14-23(27(34)32-21-10-6-4-7-11-21)24(20-31)28(35)33-22-12-8-5-9-13-22/h4-13,23-26,36H,14-20H2,1-3H3,(H,32,34)(H,33,35). The van der Waals surface area contributed by atoms with Gasteiger partial charge in [0.05, 0.1) is 40.8 Å². The molecule has 3 N–H and O–H groups in total. The molecule has 2 amide bonds. The fourth-order valence-electron chi connectivity index (χ4n) is 6.04. The maximum Gasteiger partial charge on any atom is 0.228 e. The monoisotopic (exact) mass is 520 g/mol. The Morgan fingerprint density at radius 2 is 1.34 bits per heavy atom. The van der Waals surface area contributed by atoms with Crippen molar-refractivity contribution in [2.45, 2.75) is 94.7 Å². The largest absolute Gasteiger partial charge is 0.390 e. The van der Waals surface area contributed by atoms with E-state index in [1.165, 1.54) is 0 Å². The molecule has 2 heterocycles. The average molecular weight is 521 g/mol. The molecule has 204 valence electrons. The Bertz CT molecular complexity index is 1140. The van der Waals surface area contributed by atoms with E-state index in [9.17, 15) is 14.7 Å². The van der Waals surface area contributed by atoms with Crippen LogP contribution in [0, 0.1) is 11.8 Å². The summed E-state index contributed by atoms with van der Waals surface area (Å²) in [7, 11) is 0. The molecule has 6 atom stereocenters. The lowest BCUT2D eigenvalue weighted by atomic mass is 9.69. The van der Waals surface area contributed by atoms with Crippen molar-refractivity contribution in [1.29, 1.82) is 0 Å². The highest BCUT2D eigenvalue weighted by molar-refractivity contribution is 5.99. The van der Waals surface area contributed by atoms with Gasteiger partial charge in [-0.3, -0.25) is 9.59 Å². The number of amides is 2. The van der Waals surface area contributed by atoms with Gasteiger partial charge in [0.1, 0.15) is 0 Å². The van der Waals surface area contributed by atoms with Crippen molar-refractivity contribution in [3.63, 3.8) is 0 Å². The summed E-state index contributed by atoms with van der Waals surface area (Å²) in [5.74, 6) is -1.58. The molecule has 2 aliphatic heterocycles. The molecule has 7 heteroatoms. The minimum absolute atomic E-state index is 0.0172. The van der Waals surface area contributed by atoms with Gasteiger partial charge in [0, 0.05) is 11.4 Å². The maximum absolute atomic E-state index is 13.4. The summed E-state index contributed by atoms with van der Waals surface area (Å²) in [4.78, 5) is 26.7. The SMILES string of the molecule is CC1(C)OC1CCC1(C)OC1CCC1(O)CCC(C(=O)Nc2ccccc2)C(C(=O)Nc2ccccc2)C1. The van der Waals surface area contributed by atoms with Crippen molar-refractivity contribution in [3.8, 4) is 0 Å². The fraction of sp³-hybridized carbons (Fsp3) is 0.548. The van der Waals surface area contributed by atoms with Crippen molar-refractivity contribution >= 4 is 23.2 Å². The van der Waals surface area contributed by atoms with Crippen LogP contribution in [0.5, 0.6) is 0 Å². The molecule has 7 nitrogen and oxygen atoms in total. The second-order valence-corrected chi connectivity index (χ2v) is 12.1. The third kappa shape index (κ3) is 6.28. The Balaban J connectivity index is 1.21. The number of benzene rings is 2. The summed E-state index contributed by atoms with van der Waals surface area (Å²) in [6.45, 7) is 6.36. The number of ether oxygens (including phenoxy) is 2. The van der Waals surface area contributed by atoms with Gasteiger partial charge >= 0.3 is 0 Å². The fourth-order valence-corrected chi connectivity index (χ4v) is 6.04. The highest BCUT2D eigenvalue weighted by atomic mass is 16.6. The van der Waals surface area contributed by atoms with Crippen molar-refractivity contribution in [1.82, 2.24) is 0 Å². The van der Waals surface area contributed by atoms with Crippen LogP contribution in [0.3, 0.4) is 0 Å². The second-order valence-electron chi connectivity index (χ2n) is 12.1. The number of epoxide rings is 2. The van der Waals surface area contributed by atoms with Crippen LogP contribution in [0.1, 0.15) is 65.7 Å². The predicted molar refractivity (Wildman–Crippen MR) is 147 cm³/mol. The molecule has 1 aliphatic carbocycles. The van der Waals surface area contributed by atoms with E-state index >= 15 is 0 Å². The summed E-state index contributed by atoms with van der Waals surface area (Å²) in [5, 5.41) is 17.5. The van der Waals surface area contributed by atoms with Gasteiger partial charge in [-0.05, 0) is 90.0 Å². The smallest absolute Gasteiger partial charge is 0.228 e. The molecule has 0 radical (unpaired) electrons. The highest BCUT2D eigenvalue weighted by Crippen LogP contribution is 2.49. The van der Waals surface area contributed by atoms with Crippen molar-refractivity contribution < 1.29 is 24.2 Å². The zero-order chi connectivity index (χ0) is 27.0. The molecule has 0 spiro atoms. The maximum atomic E-state index is 13.4. The summed E-state index contributed by atoms with van der Waals surface area (Å²) in [6, 6.07) is 18.5. The number of anilines is 2. The third-order valence-corrected chi connectivity index (χ3v) is 8.74. The number of hydrogen-bond donors (Lipinski definition) is 3. The number of carbonyl (C=O) groups is 2. The zero-order valence-corrected chi connectivity index (χ0v) is 22.6. The third-order valence-electron chi connectivity index (χ3n) is 8.74. The number of para-hydroxylation sites is 2. The van der Waals surface area contributed by atoms with Crippen molar-refractivity contribution in [3.05, 3.63) is 60.7 Å². The molecule has 0 bridgehead atoms. The molecule has 38 heavy (non-hydrogen) atoms. The Kier molecular flexibility index (Phi) is 7.37. The van der Waals surface area contributed by atoms with Gasteiger partial charge in [-0.25, -0.2) is 0 Å². The summed E-state index contributed by atoms with van der Waals surface area (Å²) < 4.78 is 11.8. The summed E-state index contributed by atoms with van der Waals surface area (Å²) in [5.41, 5.74) is 0.173. The molecule has 5 rings (SSSR count). The minimum Gasteiger partial charge on any atom is -0.390 e. The van der Waals surface area contributed by atoms with E-state index in [-0.39, 0.29) is 35.5 Å². The first-order chi connectivity index (χ1) is 18.1. The van der Waals surface area contributed by atoms with E-state index in [1.54, 1.807) is 0 Å². The molecule has 1 saturated carbocycles. The molecule has 3 fully saturated rings. The van der Waals surface area contributed by atoms with Crippen molar-refractivity contribution in [2.75, 3.05) is 10.6 Å². The molecule has 2 saturated heterocycles. The first-order valence-corrected chi connectivity index (χ1v) is 13.9. The van der Waals surface area contributed by atoms with Gasteiger partial charge in [-0.15, -0.1) is 0 Å². The van der Waals surface area contributed by atoms with Crippen molar-refractivity contribution in [2.24, 2.45) is 11.8 Å². The quantitative estimate of drug-likeness (QED) is 0.369. The lowest BCUT2D eigenvalue weighted by molar-refractivity contribution is -0.137. The predicted octanol–water partition coefficient (Wildman–Crippen LogP) is 5.31. The first-order valence-electron chi connectivity index (χ1n) is 13.9. The van der Waals surface area contributed by atoms with E-state index in [0.717, 1.165) is 19.3 Å². The number of hydrogen-bond acceptors (Lipinski definition) is 5. The Morgan fingerprint density at radius 1 is 0.816 bits per heavy atom. The van der Waals surface area contributed by atoms with Crippen LogP contribution >= 0.6 is 0 Å². The van der Waals surface area contributed by atoms with Gasteiger partial charge in [0.15, 0.2) is 0 Å².